The summed E-state index contributed by atoms with van der Waals surface area (Å²) in [4.78, 5) is 10.8. The van der Waals surface area contributed by atoms with Crippen LogP contribution in [-0.2, 0) is 4.79 Å². The molecular weight excluding hydrogens is 194 g/mol. The zero-order valence-electron chi connectivity index (χ0n) is 10.6. The van der Waals surface area contributed by atoms with Gasteiger partial charge in [-0.05, 0) is 41.0 Å². The summed E-state index contributed by atoms with van der Waals surface area (Å²) in [5.41, 5.74) is -0.711. The molecule has 0 heterocycles. The Morgan fingerprint density at radius 3 is 2.00 bits per heavy atom. The third kappa shape index (κ3) is 4.18. The average molecular weight is 218 g/mol. The van der Waals surface area contributed by atoms with Gasteiger partial charge >= 0.3 is 5.97 Å². The topological polar surface area (TPSA) is 63.4 Å². The van der Waals surface area contributed by atoms with Gasteiger partial charge in [-0.1, -0.05) is 12.0 Å². The molecule has 0 saturated carbocycles. The summed E-state index contributed by atoms with van der Waals surface area (Å²) in [6.07, 6.45) is 0.475. The Morgan fingerprint density at radius 2 is 1.73 bits per heavy atom. The lowest BCUT2D eigenvalue weighted by atomic mass is 9.88. The highest BCUT2D eigenvalue weighted by molar-refractivity contribution is 5.69. The Balaban J connectivity index is 4.62. The van der Waals surface area contributed by atoms with Crippen molar-refractivity contribution in [2.75, 3.05) is 0 Å². The van der Waals surface area contributed by atoms with Crippen LogP contribution in [0.15, 0.2) is 0 Å². The van der Waals surface area contributed by atoms with Crippen LogP contribution >= 0.6 is 0 Å². The maximum absolute atomic E-state index is 10.8. The van der Waals surface area contributed by atoms with E-state index in [1.54, 1.807) is 6.92 Å². The fourth-order valence-corrected chi connectivity index (χ4v) is 1.84. The van der Waals surface area contributed by atoms with E-state index in [1.165, 1.54) is 5.06 Å². The summed E-state index contributed by atoms with van der Waals surface area (Å²) in [6, 6.07) is 0. The molecule has 90 valence electrons. The summed E-state index contributed by atoms with van der Waals surface area (Å²) in [6.45, 7) is 11.4. The quantitative estimate of drug-likeness (QED) is 0.576. The van der Waals surface area contributed by atoms with Crippen molar-refractivity contribution in [2.45, 2.75) is 59.0 Å². The van der Waals surface area contributed by atoms with Crippen molar-refractivity contribution in [3.8, 4) is 0 Å². The van der Waals surface area contributed by atoms with Gasteiger partial charge in [0.2, 0.25) is 0 Å². The molecule has 0 spiro atoms. The lowest BCUT2D eigenvalue weighted by Gasteiger charge is -2.38. The number of aliphatic carboxylic acids is 1. The minimum Gasteiger partial charge on any atom is -0.481 e. The average Bonchev–Trinajstić information content (AvgIpc) is 2.00. The normalized spacial score (nSPS) is 15.5. The van der Waals surface area contributed by atoms with E-state index in [1.807, 2.05) is 34.6 Å². The highest BCUT2D eigenvalue weighted by Gasteiger charge is 2.40. The fraction of sp³-hybridized carbons (Fsp3) is 0.909. The molecule has 0 radical (unpaired) electrons. The van der Waals surface area contributed by atoms with Crippen LogP contribution in [-0.4, -0.2) is 32.4 Å². The van der Waals surface area contributed by atoms with Crippen LogP contribution in [0.1, 0.15) is 48.0 Å². The molecule has 0 aromatic carbocycles. The molecule has 1 atom stereocenters. The first-order valence-corrected chi connectivity index (χ1v) is 5.23. The zero-order chi connectivity index (χ0) is 12.4. The third-order valence-corrected chi connectivity index (χ3v) is 2.50. The van der Waals surface area contributed by atoms with Gasteiger partial charge in [-0.25, -0.2) is 0 Å². The number of hydrogen-bond donors (Lipinski definition) is 1. The number of carbonyl (C=O) groups is 1. The third-order valence-electron chi connectivity index (χ3n) is 2.50. The number of carboxylic acids is 1. The lowest BCUT2D eigenvalue weighted by Crippen LogP contribution is -2.53. The van der Waals surface area contributed by atoms with Gasteiger partial charge in [0.25, 0.3) is 0 Å². The van der Waals surface area contributed by atoms with E-state index < -0.39 is 17.4 Å². The summed E-state index contributed by atoms with van der Waals surface area (Å²) in [5.74, 6) is -1.22. The van der Waals surface area contributed by atoms with Gasteiger partial charge in [-0.3, -0.25) is 4.79 Å². The number of rotatable bonds is 4. The van der Waals surface area contributed by atoms with Crippen molar-refractivity contribution in [1.82, 2.24) is 5.06 Å². The van der Waals surface area contributed by atoms with Crippen molar-refractivity contribution < 1.29 is 15.1 Å². The van der Waals surface area contributed by atoms with Crippen molar-refractivity contribution in [1.29, 1.82) is 0 Å². The van der Waals surface area contributed by atoms with Crippen LogP contribution in [0.3, 0.4) is 0 Å². The first kappa shape index (κ1) is 14.4. The predicted octanol–water partition coefficient (Wildman–Crippen LogP) is 1.62. The van der Waals surface area contributed by atoms with Crippen LogP contribution < -0.4 is 0 Å². The highest BCUT2D eigenvalue weighted by Crippen LogP contribution is 2.28. The van der Waals surface area contributed by atoms with Gasteiger partial charge in [-0.15, -0.1) is 0 Å². The molecular formula is C11H24NO3+. The first-order chi connectivity index (χ1) is 6.48. The summed E-state index contributed by atoms with van der Waals surface area (Å²) >= 11 is 0. The number of nitrogens with zero attached hydrogens (tertiary/aromatic N) is 1. The van der Waals surface area contributed by atoms with Crippen LogP contribution in [0, 0.1) is 5.92 Å². The Hall–Kier alpha value is -0.610. The lowest BCUT2D eigenvalue weighted by molar-refractivity contribution is -0.222. The summed E-state index contributed by atoms with van der Waals surface area (Å²) in [7, 11) is 0. The molecule has 0 rings (SSSR count). The SMILES string of the molecule is CC(CC(C)(C)N([OH2+])C(C)(C)C)C(=O)O. The van der Waals surface area contributed by atoms with Crippen LogP contribution in [0.2, 0.25) is 0 Å². The highest BCUT2D eigenvalue weighted by atomic mass is 16.5. The van der Waals surface area contributed by atoms with Crippen LogP contribution in [0.25, 0.3) is 0 Å². The van der Waals surface area contributed by atoms with Gasteiger partial charge in [-0.2, -0.15) is 0 Å². The van der Waals surface area contributed by atoms with E-state index in [2.05, 4.69) is 0 Å². The van der Waals surface area contributed by atoms with Gasteiger partial charge in [0.15, 0.2) is 0 Å². The van der Waals surface area contributed by atoms with Crippen LogP contribution in [0.4, 0.5) is 0 Å². The second kappa shape index (κ2) is 4.49. The maximum Gasteiger partial charge on any atom is 0.306 e. The van der Waals surface area contributed by atoms with Gasteiger partial charge in [0.05, 0.1) is 17.0 Å². The first-order valence-electron chi connectivity index (χ1n) is 5.23. The molecule has 3 N–H and O–H groups in total. The van der Waals surface area contributed by atoms with Crippen LogP contribution in [0.5, 0.6) is 0 Å². The van der Waals surface area contributed by atoms with E-state index >= 15 is 0 Å². The van der Waals surface area contributed by atoms with Gasteiger partial charge in [0.1, 0.15) is 0 Å². The van der Waals surface area contributed by atoms with E-state index in [0.29, 0.717) is 6.42 Å². The van der Waals surface area contributed by atoms with Crippen molar-refractivity contribution in [3.05, 3.63) is 0 Å². The molecule has 0 aromatic rings. The second-order valence-corrected chi connectivity index (χ2v) is 5.76. The minimum absolute atomic E-state index is 0.276. The van der Waals surface area contributed by atoms with Gasteiger partial charge in [0, 0.05) is 0 Å². The molecule has 4 heteroatoms. The molecule has 1 unspecified atom stereocenters. The molecule has 0 aliphatic carbocycles. The number of hydroxylamine groups is 2. The fourth-order valence-electron chi connectivity index (χ4n) is 1.84. The maximum atomic E-state index is 10.8. The molecule has 0 aliphatic rings. The molecule has 0 amide bonds. The minimum atomic E-state index is -0.801. The second-order valence-electron chi connectivity index (χ2n) is 5.76. The standard InChI is InChI=1S/C11H23NO3/c1-8(9(13)14)7-11(5,6)12(15)10(2,3)4/h8,15H,7H2,1-6H3,(H,13,14)/p+1. The number of hydrogen-bond acceptors (Lipinski definition) is 2. The zero-order valence-corrected chi connectivity index (χ0v) is 10.6. The molecule has 0 saturated heterocycles. The van der Waals surface area contributed by atoms with E-state index in [0.717, 1.165) is 0 Å². The van der Waals surface area contributed by atoms with Crippen molar-refractivity contribution >= 4 is 5.97 Å². The van der Waals surface area contributed by atoms with E-state index in [-0.39, 0.29) is 5.54 Å². The Morgan fingerprint density at radius 1 is 1.33 bits per heavy atom. The number of carboxylic acid groups (broad SMARTS) is 1. The molecule has 15 heavy (non-hydrogen) atoms. The van der Waals surface area contributed by atoms with Crippen molar-refractivity contribution in [3.63, 3.8) is 0 Å². The Bertz CT molecular complexity index is 230. The smallest absolute Gasteiger partial charge is 0.306 e. The van der Waals surface area contributed by atoms with E-state index in [9.17, 15) is 4.79 Å². The van der Waals surface area contributed by atoms with Crippen molar-refractivity contribution in [2.24, 2.45) is 5.92 Å². The Kier molecular flexibility index (Phi) is 4.31. The largest absolute Gasteiger partial charge is 0.481 e. The molecule has 0 aromatic heterocycles. The molecule has 4 nitrogen and oxygen atoms in total. The van der Waals surface area contributed by atoms with E-state index in [4.69, 9.17) is 10.3 Å². The predicted molar refractivity (Wildman–Crippen MR) is 60.7 cm³/mol. The summed E-state index contributed by atoms with van der Waals surface area (Å²) in [5, 5.41) is 18.3. The molecule has 0 aliphatic heterocycles. The van der Waals surface area contributed by atoms with Gasteiger partial charge < -0.3 is 10.3 Å². The molecule has 0 fully saturated rings. The molecule has 0 bridgehead atoms. The summed E-state index contributed by atoms with van der Waals surface area (Å²) < 4.78 is 0. The monoisotopic (exact) mass is 218 g/mol. The Labute approximate surface area is 91.9 Å².